The first-order valence-electron chi connectivity index (χ1n) is 30.4. The number of nitrogens with two attached hydrogens (primary N) is 2. The predicted octanol–water partition coefficient (Wildman–Crippen LogP) is -15.2. The number of carboxylic acids is 1. The number of aliphatic hydroxyl groups is 5. The molecule has 2 aliphatic heterocycles. The van der Waals surface area contributed by atoms with E-state index in [4.69, 9.17) is 35.5 Å². The standard InChI is InChI=1S/C54H89N17O27/c1-23(49(90)65-19-40(84)63-17-38(82)62-18-39(83)64-20-41(85)86)67-52(93)29(8-6-7-11-57-34(78)13-59-36(80)15-61-37(81)16-60-35(79)14-58-33(77)12-55)70-32(76)10-9-28(48(56)89)71-50(91)24(2)66-51(92)25(3)95-47-43(69-27(5)75)53(94)96-31(22-73)46(47)98-54-42(68-26(4)74)45(88)44(87)30(21-72)97-54/h23-25,28-31,42-47,53-54,72-73,87-88,94H,6-22,55H2,1-5H3,(H2,56,89)(H,57,78)(H,58,77)(H,59,80)(H,60,79)(H,61,81)(H,62,82)(H,63,84)(H,64,83)(H,65,90)(H,66,92)(H,67,93)(H,68,74)(H,69,75)(H,70,76)(H,71,91)(H,85,86). The van der Waals surface area contributed by atoms with E-state index < -0.39 is 270 Å². The molecule has 15 unspecified atom stereocenters. The summed E-state index contributed by atoms with van der Waals surface area (Å²) in [6, 6.07) is -9.16. The van der Waals surface area contributed by atoms with Crippen LogP contribution in [0.4, 0.5) is 0 Å². The lowest BCUT2D eigenvalue weighted by Gasteiger charge is -2.48. The number of rotatable bonds is 42. The van der Waals surface area contributed by atoms with Gasteiger partial charge < -0.3 is 141 Å². The molecule has 2 rings (SSSR count). The molecule has 0 saturated carbocycles. The highest BCUT2D eigenvalue weighted by Crippen LogP contribution is 2.31. The molecule has 0 aromatic rings. The van der Waals surface area contributed by atoms with E-state index in [0.29, 0.717) is 0 Å². The van der Waals surface area contributed by atoms with Crippen LogP contribution in [0.3, 0.4) is 0 Å². The Kier molecular flexibility index (Phi) is 37.8. The lowest BCUT2D eigenvalue weighted by atomic mass is 9.94. The lowest BCUT2D eigenvalue weighted by molar-refractivity contribution is -0.333. The average molecular weight is 1410 g/mol. The number of hydrogen-bond donors (Lipinski definition) is 23. The first kappa shape index (κ1) is 84.7. The van der Waals surface area contributed by atoms with Crippen molar-refractivity contribution in [2.24, 2.45) is 11.5 Å². The molecule has 0 aromatic carbocycles. The van der Waals surface area contributed by atoms with Gasteiger partial charge in [0, 0.05) is 26.8 Å². The maximum absolute atomic E-state index is 13.7. The second kappa shape index (κ2) is 43.7. The fourth-order valence-corrected chi connectivity index (χ4v) is 8.77. The molecule has 2 saturated heterocycles. The van der Waals surface area contributed by atoms with Crippen LogP contribution in [0.1, 0.15) is 66.7 Å². The summed E-state index contributed by atoms with van der Waals surface area (Å²) in [6.45, 7) is -1.40. The highest BCUT2D eigenvalue weighted by Gasteiger charge is 2.53. The first-order chi connectivity index (χ1) is 46.1. The number of primary amides is 1. The molecular formula is C54H89N17O27. The Bertz CT molecular complexity index is 2820. The summed E-state index contributed by atoms with van der Waals surface area (Å²) in [5.74, 6) is -15.1. The molecular weight excluding hydrogens is 1320 g/mol. The van der Waals surface area contributed by atoms with Gasteiger partial charge in [-0.3, -0.25) is 81.5 Å². The number of ether oxygens (including phenoxy) is 4. The molecule has 0 spiro atoms. The van der Waals surface area contributed by atoms with E-state index in [2.05, 4.69) is 74.4 Å². The molecule has 2 fully saturated rings. The summed E-state index contributed by atoms with van der Waals surface area (Å²) in [5.41, 5.74) is 10.7. The minimum atomic E-state index is -1.95. The van der Waals surface area contributed by atoms with E-state index in [9.17, 15) is 107 Å². The number of unbranched alkanes of at least 4 members (excludes halogenated alkanes) is 1. The zero-order chi connectivity index (χ0) is 73.9. The van der Waals surface area contributed by atoms with E-state index >= 15 is 0 Å². The second-order valence-electron chi connectivity index (χ2n) is 21.9. The zero-order valence-corrected chi connectivity index (χ0v) is 54.1. The summed E-state index contributed by atoms with van der Waals surface area (Å²) in [5, 5.41) is 95.4. The van der Waals surface area contributed by atoms with Crippen molar-refractivity contribution >= 4 is 100 Å². The Labute approximate surface area is 558 Å². The Morgan fingerprint density at radius 2 is 0.929 bits per heavy atom. The third-order valence-corrected chi connectivity index (χ3v) is 13.9. The van der Waals surface area contributed by atoms with Crippen LogP contribution >= 0.6 is 0 Å². The molecule has 25 N–H and O–H groups in total. The van der Waals surface area contributed by atoms with Crippen molar-refractivity contribution in [3.05, 3.63) is 0 Å². The number of carbonyl (C=O) groups is 17. The van der Waals surface area contributed by atoms with Crippen LogP contribution in [0.25, 0.3) is 0 Å². The number of carboxylic acid groups (broad SMARTS) is 1. The summed E-state index contributed by atoms with van der Waals surface area (Å²) in [6.07, 6.45) is -16.5. The monoisotopic (exact) mass is 1410 g/mol. The Morgan fingerprint density at radius 1 is 0.469 bits per heavy atom. The molecule has 2 aliphatic rings. The number of hydrogen-bond acceptors (Lipinski definition) is 27. The summed E-state index contributed by atoms with van der Waals surface area (Å²) < 4.78 is 23.3. The van der Waals surface area contributed by atoms with Gasteiger partial charge in [-0.2, -0.15) is 0 Å². The normalized spacial score (nSPS) is 21.7. The largest absolute Gasteiger partial charge is 0.480 e. The summed E-state index contributed by atoms with van der Waals surface area (Å²) in [7, 11) is 0. The third kappa shape index (κ3) is 31.6. The minimum absolute atomic E-state index is 0.0561. The van der Waals surface area contributed by atoms with Crippen LogP contribution in [-0.4, -0.2) is 301 Å². The lowest BCUT2D eigenvalue weighted by Crippen LogP contribution is -2.70. The van der Waals surface area contributed by atoms with E-state index in [1.54, 1.807) is 0 Å². The predicted molar refractivity (Wildman–Crippen MR) is 325 cm³/mol. The van der Waals surface area contributed by atoms with E-state index in [1.165, 1.54) is 6.92 Å². The van der Waals surface area contributed by atoms with Gasteiger partial charge in [-0.15, -0.1) is 0 Å². The summed E-state index contributed by atoms with van der Waals surface area (Å²) >= 11 is 0. The topological polar surface area (TPSA) is 681 Å². The maximum Gasteiger partial charge on any atom is 0.322 e. The summed E-state index contributed by atoms with van der Waals surface area (Å²) in [4.78, 5) is 211. The molecule has 2 heterocycles. The van der Waals surface area contributed by atoms with Gasteiger partial charge in [-0.25, -0.2) is 0 Å². The zero-order valence-electron chi connectivity index (χ0n) is 54.1. The Balaban J connectivity index is 2.16. The number of carbonyl (C=O) groups excluding carboxylic acids is 16. The molecule has 16 amide bonds. The van der Waals surface area contributed by atoms with Gasteiger partial charge in [0.25, 0.3) is 0 Å². The second-order valence-corrected chi connectivity index (χ2v) is 21.9. The Hall–Kier alpha value is -9.41. The highest BCUT2D eigenvalue weighted by molar-refractivity contribution is 5.96. The number of nitrogens with one attached hydrogen (secondary N) is 15. The fourth-order valence-electron chi connectivity index (χ4n) is 8.77. The van der Waals surface area contributed by atoms with Crippen LogP contribution in [0.5, 0.6) is 0 Å². The van der Waals surface area contributed by atoms with Gasteiger partial charge in [0.05, 0.1) is 65.6 Å². The van der Waals surface area contributed by atoms with Crippen molar-refractivity contribution < 1.29 is 131 Å². The maximum atomic E-state index is 13.7. The molecule has 44 heteroatoms. The van der Waals surface area contributed by atoms with Gasteiger partial charge in [0.15, 0.2) is 12.6 Å². The molecule has 15 atom stereocenters. The van der Waals surface area contributed by atoms with Gasteiger partial charge >= 0.3 is 5.97 Å². The smallest absolute Gasteiger partial charge is 0.322 e. The van der Waals surface area contributed by atoms with Crippen molar-refractivity contribution in [2.45, 2.75) is 158 Å². The molecule has 0 aromatic heterocycles. The number of aliphatic carboxylic acids is 1. The van der Waals surface area contributed by atoms with E-state index in [-0.39, 0.29) is 32.4 Å². The van der Waals surface area contributed by atoms with Gasteiger partial charge in [0.2, 0.25) is 94.5 Å². The number of aliphatic hydroxyl groups excluding tert-OH is 5. The molecule has 552 valence electrons. The Morgan fingerprint density at radius 3 is 1.41 bits per heavy atom. The molecule has 0 aliphatic carbocycles. The quantitative estimate of drug-likeness (QED) is 0.0252. The average Bonchev–Trinajstić information content (AvgIpc) is 0.777. The van der Waals surface area contributed by atoms with Crippen molar-refractivity contribution in [3.63, 3.8) is 0 Å². The van der Waals surface area contributed by atoms with Crippen molar-refractivity contribution in [3.8, 4) is 0 Å². The van der Waals surface area contributed by atoms with Crippen molar-refractivity contribution in [2.75, 3.05) is 78.7 Å². The van der Waals surface area contributed by atoms with Crippen LogP contribution in [0.2, 0.25) is 0 Å². The van der Waals surface area contributed by atoms with Crippen LogP contribution in [0, 0.1) is 0 Å². The van der Waals surface area contributed by atoms with Crippen molar-refractivity contribution in [1.29, 1.82) is 0 Å². The SMILES string of the molecule is CC(=O)NC1C(OC2C(CO)OC(O)C(NC(C)=O)C2OC(C)C(=O)NC(C)C(=O)NC(CCC(=O)NC(CCCCNC(=O)CNC(=O)CNC(=O)CNC(=O)CNC(=O)CN)C(=O)NC(C)C(=O)NCC(=O)NCC(=O)NCC(=O)NCC(=O)O)C(N)=O)OC(CO)C(O)C1O. The van der Waals surface area contributed by atoms with Gasteiger partial charge in [0.1, 0.15) is 85.5 Å². The van der Waals surface area contributed by atoms with Crippen LogP contribution < -0.4 is 91.2 Å². The highest BCUT2D eigenvalue weighted by atomic mass is 16.7. The van der Waals surface area contributed by atoms with Crippen molar-refractivity contribution in [1.82, 2.24) is 79.8 Å². The van der Waals surface area contributed by atoms with Crippen LogP contribution in [0.15, 0.2) is 0 Å². The van der Waals surface area contributed by atoms with Gasteiger partial charge in [-0.05, 0) is 46.5 Å². The van der Waals surface area contributed by atoms with Gasteiger partial charge in [-0.1, -0.05) is 0 Å². The molecule has 0 radical (unpaired) electrons. The third-order valence-electron chi connectivity index (χ3n) is 13.9. The van der Waals surface area contributed by atoms with E-state index in [1.807, 2.05) is 5.32 Å². The van der Waals surface area contributed by atoms with E-state index in [0.717, 1.165) is 27.7 Å². The molecule has 0 bridgehead atoms. The fraction of sp³-hybridized carbons (Fsp3) is 0.685. The molecule has 98 heavy (non-hydrogen) atoms. The van der Waals surface area contributed by atoms with Crippen LogP contribution in [-0.2, 0) is 100 Å². The molecule has 44 nitrogen and oxygen atoms in total. The first-order valence-corrected chi connectivity index (χ1v) is 30.4. The minimum Gasteiger partial charge on any atom is -0.480 e. The number of amides is 16.